The van der Waals surface area contributed by atoms with Gasteiger partial charge in [-0.15, -0.1) is 0 Å². The summed E-state index contributed by atoms with van der Waals surface area (Å²) in [7, 11) is 0. The van der Waals surface area contributed by atoms with Gasteiger partial charge in [-0.2, -0.15) is 0 Å². The molecule has 2 aromatic carbocycles. The second kappa shape index (κ2) is 7.20. The molecule has 120 valence electrons. The Kier molecular flexibility index (Phi) is 5.51. The Balaban J connectivity index is 2.38. The molecule has 0 aliphatic rings. The summed E-state index contributed by atoms with van der Waals surface area (Å²) in [6.45, 7) is 5.14. The SMILES string of the molecule is C=C(O)C(Cc1ccc(Cl)cc1)(Cc1ccc(Cl)cc1)C(C)=O. The molecule has 0 bridgehead atoms. The monoisotopic (exact) mass is 348 g/mol. The number of benzene rings is 2. The Morgan fingerprint density at radius 1 is 0.957 bits per heavy atom. The predicted molar refractivity (Wildman–Crippen MR) is 95.2 cm³/mol. The van der Waals surface area contributed by atoms with E-state index in [1.165, 1.54) is 6.92 Å². The van der Waals surface area contributed by atoms with Gasteiger partial charge in [0.2, 0.25) is 0 Å². The number of carbonyl (C=O) groups is 1. The topological polar surface area (TPSA) is 37.3 Å². The van der Waals surface area contributed by atoms with E-state index in [4.69, 9.17) is 23.2 Å². The average molecular weight is 349 g/mol. The quantitative estimate of drug-likeness (QED) is 0.707. The molecule has 0 aromatic heterocycles. The van der Waals surface area contributed by atoms with Crippen LogP contribution in [-0.4, -0.2) is 10.9 Å². The van der Waals surface area contributed by atoms with Crippen LogP contribution in [0.5, 0.6) is 0 Å². The number of hydrogen-bond donors (Lipinski definition) is 1. The summed E-state index contributed by atoms with van der Waals surface area (Å²) >= 11 is 11.8. The van der Waals surface area contributed by atoms with E-state index >= 15 is 0 Å². The molecule has 0 radical (unpaired) electrons. The van der Waals surface area contributed by atoms with Crippen LogP contribution in [0.4, 0.5) is 0 Å². The summed E-state index contributed by atoms with van der Waals surface area (Å²) in [4.78, 5) is 12.4. The lowest BCUT2D eigenvalue weighted by molar-refractivity contribution is -0.126. The van der Waals surface area contributed by atoms with Gasteiger partial charge in [0.25, 0.3) is 0 Å². The van der Waals surface area contributed by atoms with Crippen molar-refractivity contribution in [2.75, 3.05) is 0 Å². The van der Waals surface area contributed by atoms with Gasteiger partial charge in [-0.3, -0.25) is 4.79 Å². The van der Waals surface area contributed by atoms with E-state index in [1.807, 2.05) is 24.3 Å². The van der Waals surface area contributed by atoms with Crippen molar-refractivity contribution in [3.05, 3.63) is 82.0 Å². The number of rotatable bonds is 6. The van der Waals surface area contributed by atoms with Gasteiger partial charge in [-0.1, -0.05) is 54.0 Å². The largest absolute Gasteiger partial charge is 0.512 e. The molecule has 4 heteroatoms. The molecular formula is C19H18Cl2O2. The average Bonchev–Trinajstić information content (AvgIpc) is 2.50. The lowest BCUT2D eigenvalue weighted by Gasteiger charge is -2.30. The van der Waals surface area contributed by atoms with Crippen molar-refractivity contribution in [2.24, 2.45) is 5.41 Å². The Labute approximate surface area is 146 Å². The fourth-order valence-electron chi connectivity index (χ4n) is 2.62. The van der Waals surface area contributed by atoms with E-state index in [0.717, 1.165) is 11.1 Å². The number of allylic oxidation sites excluding steroid dienone is 1. The second-order valence-corrected chi connectivity index (χ2v) is 6.56. The van der Waals surface area contributed by atoms with Crippen LogP contribution in [0.25, 0.3) is 0 Å². The van der Waals surface area contributed by atoms with Gasteiger partial charge in [0.1, 0.15) is 5.78 Å². The molecule has 0 amide bonds. The molecule has 0 unspecified atom stereocenters. The van der Waals surface area contributed by atoms with E-state index in [0.29, 0.717) is 22.9 Å². The Bertz CT molecular complexity index is 640. The van der Waals surface area contributed by atoms with Crippen molar-refractivity contribution < 1.29 is 9.90 Å². The Morgan fingerprint density at radius 3 is 1.57 bits per heavy atom. The van der Waals surface area contributed by atoms with E-state index in [-0.39, 0.29) is 11.5 Å². The molecule has 2 nitrogen and oxygen atoms in total. The van der Waals surface area contributed by atoms with Crippen LogP contribution in [0.1, 0.15) is 18.1 Å². The molecule has 0 aliphatic carbocycles. The number of aliphatic hydroxyl groups is 1. The van der Waals surface area contributed by atoms with Crippen LogP contribution in [0.15, 0.2) is 60.9 Å². The third-order valence-electron chi connectivity index (χ3n) is 4.06. The zero-order valence-corrected chi connectivity index (χ0v) is 14.4. The maximum Gasteiger partial charge on any atom is 0.144 e. The van der Waals surface area contributed by atoms with Crippen LogP contribution in [0.3, 0.4) is 0 Å². The molecule has 2 aromatic rings. The molecule has 0 spiro atoms. The summed E-state index contributed by atoms with van der Waals surface area (Å²) in [6.07, 6.45) is 0.717. The third kappa shape index (κ3) is 4.15. The normalized spacial score (nSPS) is 11.3. The summed E-state index contributed by atoms with van der Waals surface area (Å²) < 4.78 is 0. The van der Waals surface area contributed by atoms with Gasteiger partial charge >= 0.3 is 0 Å². The van der Waals surface area contributed by atoms with Crippen molar-refractivity contribution in [1.82, 2.24) is 0 Å². The second-order valence-electron chi connectivity index (χ2n) is 5.69. The first-order valence-electron chi connectivity index (χ1n) is 7.22. The standard InChI is InChI=1S/C19H18Cl2O2/c1-13(22)19(14(2)23,11-15-3-7-17(20)8-4-15)12-16-5-9-18(21)10-6-16/h3-10,22H,1,11-12H2,2H3. The molecule has 0 aliphatic heterocycles. The zero-order valence-electron chi connectivity index (χ0n) is 12.9. The highest BCUT2D eigenvalue weighted by Gasteiger charge is 2.39. The van der Waals surface area contributed by atoms with Crippen molar-refractivity contribution in [3.63, 3.8) is 0 Å². The molecule has 0 saturated carbocycles. The molecule has 1 N–H and O–H groups in total. The Morgan fingerprint density at radius 2 is 1.30 bits per heavy atom. The number of hydrogen-bond acceptors (Lipinski definition) is 2. The number of carbonyl (C=O) groups excluding carboxylic acids is 1. The zero-order chi connectivity index (χ0) is 17.0. The van der Waals surface area contributed by atoms with Gasteiger partial charge < -0.3 is 5.11 Å². The first kappa shape index (κ1) is 17.6. The van der Waals surface area contributed by atoms with Gasteiger partial charge in [0.15, 0.2) is 0 Å². The van der Waals surface area contributed by atoms with E-state index in [9.17, 15) is 9.90 Å². The van der Waals surface area contributed by atoms with E-state index in [2.05, 4.69) is 6.58 Å². The highest BCUT2D eigenvalue weighted by molar-refractivity contribution is 6.30. The minimum Gasteiger partial charge on any atom is -0.512 e. The van der Waals surface area contributed by atoms with Crippen LogP contribution >= 0.6 is 23.2 Å². The van der Waals surface area contributed by atoms with Gasteiger partial charge in [0, 0.05) is 10.0 Å². The minimum atomic E-state index is -1.07. The van der Waals surface area contributed by atoms with Crippen LogP contribution in [0, 0.1) is 5.41 Å². The first-order chi connectivity index (χ1) is 10.8. The molecule has 0 fully saturated rings. The summed E-state index contributed by atoms with van der Waals surface area (Å²) in [5.74, 6) is -0.259. The highest BCUT2D eigenvalue weighted by Crippen LogP contribution is 2.35. The van der Waals surface area contributed by atoms with Crippen LogP contribution < -0.4 is 0 Å². The summed E-state index contributed by atoms with van der Waals surface area (Å²) in [5.41, 5.74) is 0.754. The maximum atomic E-state index is 12.4. The minimum absolute atomic E-state index is 0.130. The maximum absolute atomic E-state index is 12.4. The molecule has 23 heavy (non-hydrogen) atoms. The van der Waals surface area contributed by atoms with Crippen molar-refractivity contribution in [2.45, 2.75) is 19.8 Å². The molecule has 2 rings (SSSR count). The van der Waals surface area contributed by atoms with E-state index in [1.54, 1.807) is 24.3 Å². The van der Waals surface area contributed by atoms with Crippen molar-refractivity contribution >= 4 is 29.0 Å². The number of Topliss-reactive ketones (excluding diaryl/α,β-unsaturated/α-hetero) is 1. The van der Waals surface area contributed by atoms with Gasteiger partial charge in [0.05, 0.1) is 11.2 Å². The van der Waals surface area contributed by atoms with Crippen LogP contribution in [0.2, 0.25) is 10.0 Å². The lowest BCUT2D eigenvalue weighted by Crippen LogP contribution is -2.36. The molecule has 0 atom stereocenters. The highest BCUT2D eigenvalue weighted by atomic mass is 35.5. The first-order valence-corrected chi connectivity index (χ1v) is 7.97. The number of aliphatic hydroxyl groups excluding tert-OH is 1. The smallest absolute Gasteiger partial charge is 0.144 e. The van der Waals surface area contributed by atoms with Gasteiger partial charge in [-0.05, 0) is 55.2 Å². The third-order valence-corrected chi connectivity index (χ3v) is 4.57. The van der Waals surface area contributed by atoms with Crippen molar-refractivity contribution in [1.29, 1.82) is 0 Å². The molecule has 0 heterocycles. The molecule has 0 saturated heterocycles. The number of halogens is 2. The van der Waals surface area contributed by atoms with Crippen molar-refractivity contribution in [3.8, 4) is 0 Å². The predicted octanol–water partition coefficient (Wildman–Crippen LogP) is 5.43. The van der Waals surface area contributed by atoms with Gasteiger partial charge in [-0.25, -0.2) is 0 Å². The summed E-state index contributed by atoms with van der Waals surface area (Å²) in [6, 6.07) is 14.5. The summed E-state index contributed by atoms with van der Waals surface area (Å²) in [5, 5.41) is 11.5. The Hall–Kier alpha value is -1.77. The fourth-order valence-corrected chi connectivity index (χ4v) is 2.87. The fraction of sp³-hybridized carbons (Fsp3) is 0.211. The molecular weight excluding hydrogens is 331 g/mol. The number of ketones is 1. The van der Waals surface area contributed by atoms with E-state index < -0.39 is 5.41 Å². The van der Waals surface area contributed by atoms with Crippen LogP contribution in [-0.2, 0) is 17.6 Å². The lowest BCUT2D eigenvalue weighted by atomic mass is 9.72.